The van der Waals surface area contributed by atoms with Gasteiger partial charge in [-0.2, -0.15) is 56.2 Å². The topological polar surface area (TPSA) is 17.1 Å². The number of ketones is 1. The number of hydrogen-bond donors (Lipinski definition) is 0. The number of carbonyl (C=O) groups excluding carboxylic acids is 1. The van der Waals surface area contributed by atoms with Crippen LogP contribution in [-0.4, -0.2) is 28.8 Å². The van der Waals surface area contributed by atoms with Gasteiger partial charge in [0.25, 0.3) is 0 Å². The van der Waals surface area contributed by atoms with Gasteiger partial charge in [0.15, 0.2) is 5.78 Å². The van der Waals surface area contributed by atoms with Crippen molar-refractivity contribution in [2.75, 3.05) is 0 Å². The number of Topliss-reactive ketones (excluding diaryl/α,β-unsaturated/α-hetero) is 1. The number of benzene rings is 2. The molecule has 2 aromatic carbocycles. The molecule has 0 N–H and O–H groups in total. The van der Waals surface area contributed by atoms with Crippen LogP contribution in [0, 0.1) is 19.9 Å². The normalized spacial score (nSPS) is 10.7. The Morgan fingerprint density at radius 2 is 1.30 bits per heavy atom. The molecule has 0 unspecified atom stereocenters. The molecular formula is C18H15BrF6MgO. The molecule has 0 spiro atoms. The molecule has 0 radical (unpaired) electrons. The SMILES string of the molecule is CC(=O)c1cc(C)cc(C(F)(F)F)c1.Cc1c[c-]cc(C(F)(F)F)c1.[Br-].[Mg+2]. The summed E-state index contributed by atoms with van der Waals surface area (Å²) >= 11 is 0. The van der Waals surface area contributed by atoms with Gasteiger partial charge in [-0.15, -0.1) is 0 Å². The van der Waals surface area contributed by atoms with Crippen molar-refractivity contribution in [3.05, 3.63) is 70.3 Å². The summed E-state index contributed by atoms with van der Waals surface area (Å²) in [6, 6.07) is 9.29. The van der Waals surface area contributed by atoms with Gasteiger partial charge in [-0.1, -0.05) is 12.5 Å². The second-order valence-corrected chi connectivity index (χ2v) is 5.44. The molecule has 0 amide bonds. The molecular weight excluding hydrogens is 450 g/mol. The fourth-order valence-electron chi connectivity index (χ4n) is 1.91. The van der Waals surface area contributed by atoms with Crippen LogP contribution in [0.5, 0.6) is 0 Å². The van der Waals surface area contributed by atoms with Crippen LogP contribution in [0.1, 0.15) is 39.5 Å². The second-order valence-electron chi connectivity index (χ2n) is 5.44. The zero-order valence-corrected chi connectivity index (χ0v) is 17.7. The van der Waals surface area contributed by atoms with Crippen LogP contribution in [0.25, 0.3) is 0 Å². The standard InChI is InChI=1S/C10H9F3O.C8H6F3.BrH.Mg/c1-6-3-8(7(2)14)5-9(4-6)10(11,12)13;1-6-3-2-4-7(5-6)8(9,10)11;;/h3-5H,1-2H3;3-5H,1H3;1H;/q;-1;;+2/p-1. The third kappa shape index (κ3) is 9.62. The number of halogens is 7. The first kappa shape index (κ1) is 28.1. The Morgan fingerprint density at radius 1 is 0.815 bits per heavy atom. The zero-order chi connectivity index (χ0) is 19.4. The second kappa shape index (κ2) is 11.1. The Kier molecular flexibility index (Phi) is 11.5. The van der Waals surface area contributed by atoms with Gasteiger partial charge in [0, 0.05) is 5.56 Å². The van der Waals surface area contributed by atoms with E-state index in [2.05, 4.69) is 6.07 Å². The fourth-order valence-corrected chi connectivity index (χ4v) is 1.91. The average Bonchev–Trinajstić information content (AvgIpc) is 2.45. The van der Waals surface area contributed by atoms with Crippen LogP contribution in [0.4, 0.5) is 26.3 Å². The summed E-state index contributed by atoms with van der Waals surface area (Å²) < 4.78 is 72.7. The van der Waals surface area contributed by atoms with Crippen molar-refractivity contribution in [3.63, 3.8) is 0 Å². The molecule has 2 rings (SSSR count). The molecule has 1 nitrogen and oxygen atoms in total. The van der Waals surface area contributed by atoms with Crippen LogP contribution in [0.15, 0.2) is 36.4 Å². The van der Waals surface area contributed by atoms with Crippen molar-refractivity contribution in [2.24, 2.45) is 0 Å². The molecule has 144 valence electrons. The predicted molar refractivity (Wildman–Crippen MR) is 87.0 cm³/mol. The summed E-state index contributed by atoms with van der Waals surface area (Å²) in [5.74, 6) is -0.362. The molecule has 2 aromatic rings. The zero-order valence-electron chi connectivity index (χ0n) is 14.7. The van der Waals surface area contributed by atoms with Crippen LogP contribution < -0.4 is 17.0 Å². The van der Waals surface area contributed by atoms with Crippen LogP contribution >= 0.6 is 0 Å². The maximum atomic E-state index is 12.3. The minimum atomic E-state index is -4.39. The van der Waals surface area contributed by atoms with E-state index in [0.29, 0.717) is 11.1 Å². The van der Waals surface area contributed by atoms with Gasteiger partial charge >= 0.3 is 35.4 Å². The van der Waals surface area contributed by atoms with E-state index < -0.39 is 23.5 Å². The molecule has 0 aromatic heterocycles. The maximum absolute atomic E-state index is 12.3. The number of carbonyl (C=O) groups is 1. The van der Waals surface area contributed by atoms with Gasteiger partial charge in [0.1, 0.15) is 0 Å². The molecule has 9 heteroatoms. The Bertz CT molecular complexity index is 756. The summed E-state index contributed by atoms with van der Waals surface area (Å²) in [7, 11) is 0. The maximum Gasteiger partial charge on any atom is 2.00 e. The van der Waals surface area contributed by atoms with Crippen molar-refractivity contribution in [1.82, 2.24) is 0 Å². The summed E-state index contributed by atoms with van der Waals surface area (Å²) in [5, 5.41) is 0. The molecule has 0 heterocycles. The van der Waals surface area contributed by atoms with E-state index in [1.165, 1.54) is 26.0 Å². The van der Waals surface area contributed by atoms with Crippen molar-refractivity contribution in [3.8, 4) is 0 Å². The first-order valence-electron chi connectivity index (χ1n) is 7.05. The summed E-state index contributed by atoms with van der Waals surface area (Å²) in [6.07, 6.45) is -8.64. The Hall–Kier alpha value is -1.06. The number of aryl methyl sites for hydroxylation is 2. The van der Waals surface area contributed by atoms with Crippen LogP contribution in [0.2, 0.25) is 0 Å². The molecule has 0 aliphatic heterocycles. The van der Waals surface area contributed by atoms with Crippen LogP contribution in [-0.2, 0) is 12.4 Å². The molecule has 0 atom stereocenters. The van der Waals surface area contributed by atoms with E-state index in [4.69, 9.17) is 0 Å². The van der Waals surface area contributed by atoms with Gasteiger partial charge in [-0.3, -0.25) is 4.79 Å². The summed E-state index contributed by atoms with van der Waals surface area (Å²) in [5.41, 5.74) is -0.317. The number of hydrogen-bond acceptors (Lipinski definition) is 1. The fraction of sp³-hybridized carbons (Fsp3) is 0.278. The van der Waals surface area contributed by atoms with Gasteiger partial charge in [-0.05, 0) is 37.6 Å². The van der Waals surface area contributed by atoms with E-state index in [-0.39, 0.29) is 51.4 Å². The van der Waals surface area contributed by atoms with Crippen molar-refractivity contribution in [2.45, 2.75) is 33.1 Å². The van der Waals surface area contributed by atoms with Gasteiger partial charge < -0.3 is 17.0 Å². The summed E-state index contributed by atoms with van der Waals surface area (Å²) in [4.78, 5) is 10.9. The van der Waals surface area contributed by atoms with Gasteiger partial charge in [-0.25, -0.2) is 0 Å². The first-order valence-corrected chi connectivity index (χ1v) is 7.05. The van der Waals surface area contributed by atoms with Crippen molar-refractivity contribution >= 4 is 28.8 Å². The first-order chi connectivity index (χ1) is 11.3. The number of rotatable bonds is 1. The van der Waals surface area contributed by atoms with E-state index in [1.54, 1.807) is 6.92 Å². The van der Waals surface area contributed by atoms with Crippen molar-refractivity contribution < 1.29 is 48.1 Å². The van der Waals surface area contributed by atoms with E-state index >= 15 is 0 Å². The third-order valence-corrected chi connectivity index (χ3v) is 3.07. The average molecular weight is 466 g/mol. The molecule has 0 aliphatic rings. The van der Waals surface area contributed by atoms with Crippen molar-refractivity contribution in [1.29, 1.82) is 0 Å². The Balaban J connectivity index is 0. The molecule has 0 bridgehead atoms. The van der Waals surface area contributed by atoms with E-state index in [1.807, 2.05) is 0 Å². The molecule has 27 heavy (non-hydrogen) atoms. The Labute approximate surface area is 180 Å². The molecule has 0 fully saturated rings. The van der Waals surface area contributed by atoms with Crippen LogP contribution in [0.3, 0.4) is 0 Å². The quantitative estimate of drug-likeness (QED) is 0.274. The molecule has 0 saturated heterocycles. The number of alkyl halides is 6. The third-order valence-electron chi connectivity index (χ3n) is 3.07. The minimum Gasteiger partial charge on any atom is -1.00 e. The predicted octanol–water partition coefficient (Wildman–Crippen LogP) is 2.65. The van der Waals surface area contributed by atoms with E-state index in [0.717, 1.165) is 24.3 Å². The van der Waals surface area contributed by atoms with E-state index in [9.17, 15) is 31.1 Å². The monoisotopic (exact) mass is 464 g/mol. The molecule has 0 saturated carbocycles. The van der Waals surface area contributed by atoms with Gasteiger partial charge in [0.2, 0.25) is 0 Å². The minimum absolute atomic E-state index is 0. The summed E-state index contributed by atoms with van der Waals surface area (Å²) in [6.45, 7) is 4.38. The Morgan fingerprint density at radius 3 is 1.67 bits per heavy atom. The molecule has 0 aliphatic carbocycles. The van der Waals surface area contributed by atoms with Gasteiger partial charge in [0.05, 0.1) is 5.56 Å². The largest absolute Gasteiger partial charge is 2.00 e. The smallest absolute Gasteiger partial charge is 1.00 e.